The first-order chi connectivity index (χ1) is 8.30. The van der Waals surface area contributed by atoms with E-state index in [1.807, 2.05) is 20.8 Å². The third-order valence-corrected chi connectivity index (χ3v) is 3.23. The minimum atomic E-state index is -0.0471. The maximum absolute atomic E-state index is 12.3. The van der Waals surface area contributed by atoms with Gasteiger partial charge in [0.15, 0.2) is 5.78 Å². The van der Waals surface area contributed by atoms with Gasteiger partial charge in [-0.1, -0.05) is 20.8 Å². The lowest BCUT2D eigenvalue weighted by atomic mass is 9.87. The second-order valence-corrected chi connectivity index (χ2v) is 6.12. The van der Waals surface area contributed by atoms with Gasteiger partial charge in [-0.15, -0.1) is 0 Å². The molecule has 0 radical (unpaired) electrons. The van der Waals surface area contributed by atoms with Gasteiger partial charge in [-0.25, -0.2) is 0 Å². The van der Waals surface area contributed by atoms with Crippen LogP contribution in [-0.4, -0.2) is 20.0 Å². The second-order valence-electron chi connectivity index (χ2n) is 5.32. The number of Topliss-reactive ketones (excluding diaryl/α,β-unsaturated/α-hetero) is 1. The van der Waals surface area contributed by atoms with Crippen LogP contribution in [0.25, 0.3) is 0 Å². The molecule has 0 saturated heterocycles. The molecule has 0 aromatic heterocycles. The van der Waals surface area contributed by atoms with E-state index in [0.717, 1.165) is 0 Å². The molecule has 0 spiro atoms. The van der Waals surface area contributed by atoms with Crippen LogP contribution in [0.15, 0.2) is 16.6 Å². The highest BCUT2D eigenvalue weighted by Crippen LogP contribution is 2.38. The summed E-state index contributed by atoms with van der Waals surface area (Å²) >= 11 is 3.40. The Morgan fingerprint density at radius 2 is 1.83 bits per heavy atom. The molecule has 0 aliphatic carbocycles. The Labute approximate surface area is 117 Å². The quantitative estimate of drug-likeness (QED) is 0.785. The molecule has 4 heteroatoms. The van der Waals surface area contributed by atoms with Crippen molar-refractivity contribution in [3.63, 3.8) is 0 Å². The molecular formula is C14H19BrO3. The molecule has 0 saturated carbocycles. The van der Waals surface area contributed by atoms with Crippen molar-refractivity contribution in [2.45, 2.75) is 27.2 Å². The number of carbonyl (C=O) groups excluding carboxylic acids is 1. The molecule has 0 heterocycles. The van der Waals surface area contributed by atoms with Crippen LogP contribution in [0.4, 0.5) is 0 Å². The van der Waals surface area contributed by atoms with Crippen molar-refractivity contribution < 1.29 is 14.3 Å². The number of carbonyl (C=O) groups is 1. The third-order valence-electron chi connectivity index (χ3n) is 2.48. The fourth-order valence-corrected chi connectivity index (χ4v) is 2.36. The summed E-state index contributed by atoms with van der Waals surface area (Å²) < 4.78 is 11.2. The van der Waals surface area contributed by atoms with E-state index in [9.17, 15) is 4.79 Å². The van der Waals surface area contributed by atoms with Gasteiger partial charge in [0.1, 0.15) is 16.0 Å². The van der Waals surface area contributed by atoms with Gasteiger partial charge in [0, 0.05) is 6.42 Å². The van der Waals surface area contributed by atoms with Crippen molar-refractivity contribution in [2.75, 3.05) is 14.2 Å². The van der Waals surface area contributed by atoms with E-state index in [2.05, 4.69) is 15.9 Å². The Kier molecular flexibility index (Phi) is 4.79. The summed E-state index contributed by atoms with van der Waals surface area (Å²) in [5, 5.41) is 0. The van der Waals surface area contributed by atoms with Crippen LogP contribution in [0.3, 0.4) is 0 Å². The number of methoxy groups -OCH3 is 2. The van der Waals surface area contributed by atoms with Gasteiger partial charge in [-0.3, -0.25) is 4.79 Å². The number of hydrogen-bond donors (Lipinski definition) is 0. The van der Waals surface area contributed by atoms with Crippen LogP contribution in [-0.2, 0) is 0 Å². The van der Waals surface area contributed by atoms with E-state index >= 15 is 0 Å². The molecule has 0 bridgehead atoms. The molecule has 0 aliphatic heterocycles. The van der Waals surface area contributed by atoms with Crippen molar-refractivity contribution in [1.82, 2.24) is 0 Å². The number of ether oxygens (including phenoxy) is 2. The van der Waals surface area contributed by atoms with Crippen LogP contribution in [0.2, 0.25) is 0 Å². The molecule has 0 N–H and O–H groups in total. The molecule has 0 unspecified atom stereocenters. The molecule has 18 heavy (non-hydrogen) atoms. The molecule has 0 aliphatic rings. The average molecular weight is 315 g/mol. The summed E-state index contributed by atoms with van der Waals surface area (Å²) in [4.78, 5) is 12.3. The van der Waals surface area contributed by atoms with E-state index in [-0.39, 0.29) is 11.2 Å². The number of rotatable bonds is 4. The Morgan fingerprint density at radius 3 is 2.28 bits per heavy atom. The second kappa shape index (κ2) is 5.74. The summed E-state index contributed by atoms with van der Waals surface area (Å²) in [6, 6.07) is 3.51. The Bertz CT molecular complexity index is 447. The molecule has 0 atom stereocenters. The number of hydrogen-bond acceptors (Lipinski definition) is 3. The van der Waals surface area contributed by atoms with E-state index < -0.39 is 0 Å². The summed E-state index contributed by atoms with van der Waals surface area (Å²) in [5.41, 5.74) is 0.536. The van der Waals surface area contributed by atoms with Crippen LogP contribution in [0, 0.1) is 5.41 Å². The first kappa shape index (κ1) is 15.0. The normalized spacial score (nSPS) is 11.2. The predicted octanol–water partition coefficient (Wildman–Crippen LogP) is 4.09. The number of ketones is 1. The van der Waals surface area contributed by atoms with E-state index in [0.29, 0.717) is 28.0 Å². The molecule has 0 fully saturated rings. The SMILES string of the molecule is COc1ccc(C(=O)CC(C)(C)C)c(OC)c1Br. The Balaban J connectivity index is 3.17. The minimum absolute atomic E-state index is 0.0471. The van der Waals surface area contributed by atoms with Crippen LogP contribution in [0.1, 0.15) is 37.6 Å². The summed E-state index contributed by atoms with van der Waals surface area (Å²) in [5.74, 6) is 1.26. The fraction of sp³-hybridized carbons (Fsp3) is 0.500. The predicted molar refractivity (Wildman–Crippen MR) is 75.6 cm³/mol. The highest BCUT2D eigenvalue weighted by atomic mass is 79.9. The Morgan fingerprint density at radius 1 is 1.22 bits per heavy atom. The average Bonchev–Trinajstić information content (AvgIpc) is 2.26. The van der Waals surface area contributed by atoms with Gasteiger partial charge in [0.2, 0.25) is 0 Å². The highest BCUT2D eigenvalue weighted by molar-refractivity contribution is 9.10. The lowest BCUT2D eigenvalue weighted by molar-refractivity contribution is 0.0936. The molecule has 1 aromatic rings. The zero-order chi connectivity index (χ0) is 13.9. The van der Waals surface area contributed by atoms with Crippen molar-refractivity contribution in [1.29, 1.82) is 0 Å². The topological polar surface area (TPSA) is 35.5 Å². The Hall–Kier alpha value is -1.03. The zero-order valence-corrected chi connectivity index (χ0v) is 13.1. The molecule has 1 aromatic carbocycles. The summed E-state index contributed by atoms with van der Waals surface area (Å²) in [6.45, 7) is 6.11. The largest absolute Gasteiger partial charge is 0.495 e. The highest BCUT2D eigenvalue weighted by Gasteiger charge is 2.22. The van der Waals surface area contributed by atoms with Gasteiger partial charge >= 0.3 is 0 Å². The monoisotopic (exact) mass is 314 g/mol. The van der Waals surface area contributed by atoms with Gasteiger partial charge in [0.05, 0.1) is 19.8 Å². The van der Waals surface area contributed by atoms with Crippen LogP contribution in [0.5, 0.6) is 11.5 Å². The van der Waals surface area contributed by atoms with Crippen molar-refractivity contribution >= 4 is 21.7 Å². The number of halogens is 1. The van der Waals surface area contributed by atoms with E-state index in [1.54, 1.807) is 26.4 Å². The van der Waals surface area contributed by atoms with E-state index in [1.165, 1.54) is 0 Å². The maximum Gasteiger partial charge on any atom is 0.167 e. The van der Waals surface area contributed by atoms with Crippen LogP contribution < -0.4 is 9.47 Å². The molecule has 1 rings (SSSR count). The molecule has 100 valence electrons. The summed E-state index contributed by atoms with van der Waals surface area (Å²) in [6.07, 6.45) is 0.474. The zero-order valence-electron chi connectivity index (χ0n) is 11.5. The lowest BCUT2D eigenvalue weighted by Gasteiger charge is -2.18. The van der Waals surface area contributed by atoms with Gasteiger partial charge in [-0.05, 0) is 33.5 Å². The van der Waals surface area contributed by atoms with Gasteiger partial charge in [0.25, 0.3) is 0 Å². The first-order valence-corrected chi connectivity index (χ1v) is 6.53. The van der Waals surface area contributed by atoms with E-state index in [4.69, 9.17) is 9.47 Å². The van der Waals surface area contributed by atoms with Gasteiger partial charge in [-0.2, -0.15) is 0 Å². The minimum Gasteiger partial charge on any atom is -0.495 e. The van der Waals surface area contributed by atoms with Crippen molar-refractivity contribution in [2.24, 2.45) is 5.41 Å². The van der Waals surface area contributed by atoms with Crippen molar-refractivity contribution in [3.8, 4) is 11.5 Å². The standard InChI is InChI=1S/C14H19BrO3/c1-14(2,3)8-10(16)9-6-7-11(17-4)12(15)13(9)18-5/h6-7H,8H2,1-5H3. The van der Waals surface area contributed by atoms with Crippen molar-refractivity contribution in [3.05, 3.63) is 22.2 Å². The molecular weight excluding hydrogens is 296 g/mol. The molecule has 0 amide bonds. The summed E-state index contributed by atoms with van der Waals surface area (Å²) in [7, 11) is 3.13. The lowest BCUT2D eigenvalue weighted by Crippen LogP contribution is -2.14. The smallest absolute Gasteiger partial charge is 0.167 e. The maximum atomic E-state index is 12.3. The fourth-order valence-electron chi connectivity index (χ4n) is 1.69. The third kappa shape index (κ3) is 3.48. The van der Waals surface area contributed by atoms with Crippen LogP contribution >= 0.6 is 15.9 Å². The molecule has 3 nitrogen and oxygen atoms in total. The first-order valence-electron chi connectivity index (χ1n) is 5.74. The number of benzene rings is 1. The van der Waals surface area contributed by atoms with Gasteiger partial charge < -0.3 is 9.47 Å².